The summed E-state index contributed by atoms with van der Waals surface area (Å²) in [6.45, 7) is 8.06. The molecule has 0 saturated heterocycles. The molecule has 1 atom stereocenters. The van der Waals surface area contributed by atoms with Crippen molar-refractivity contribution in [3.8, 4) is 0 Å². The molecule has 3 aromatic carbocycles. The van der Waals surface area contributed by atoms with Crippen molar-refractivity contribution in [1.29, 1.82) is 5.41 Å². The van der Waals surface area contributed by atoms with Crippen LogP contribution in [0.3, 0.4) is 0 Å². The van der Waals surface area contributed by atoms with Crippen molar-refractivity contribution in [3.05, 3.63) is 87.4 Å². The SMILES string of the molecule is CC(=N)/N=C\Nc1cc(C)c(C(=O)NCC(c2ccccc2)C2Nc3cc(C)c(C)cc3N2)c(Cl)c1. The van der Waals surface area contributed by atoms with Crippen molar-refractivity contribution in [2.45, 2.75) is 39.8 Å². The summed E-state index contributed by atoms with van der Waals surface area (Å²) in [5.41, 5.74) is 7.60. The van der Waals surface area contributed by atoms with Crippen LogP contribution in [0.25, 0.3) is 0 Å². The molecule has 1 aliphatic rings. The molecule has 0 fully saturated rings. The minimum Gasteiger partial charge on any atom is -0.363 e. The Morgan fingerprint density at radius 1 is 1.06 bits per heavy atom. The van der Waals surface area contributed by atoms with Gasteiger partial charge in [-0.15, -0.1) is 0 Å². The second-order valence-corrected chi connectivity index (χ2v) is 9.52. The first-order valence-corrected chi connectivity index (χ1v) is 12.2. The second kappa shape index (κ2) is 10.8. The topological polar surface area (TPSA) is 101 Å². The number of hydrogen-bond donors (Lipinski definition) is 5. The van der Waals surface area contributed by atoms with Gasteiger partial charge in [0.15, 0.2) is 0 Å². The molecule has 8 heteroatoms. The molecule has 0 saturated carbocycles. The Hall–Kier alpha value is -3.84. The zero-order valence-corrected chi connectivity index (χ0v) is 21.6. The second-order valence-electron chi connectivity index (χ2n) is 9.11. The molecule has 0 radical (unpaired) electrons. The average molecular weight is 503 g/mol. The Morgan fingerprint density at radius 3 is 2.28 bits per heavy atom. The number of rotatable bonds is 7. The molecule has 4 rings (SSSR count). The highest BCUT2D eigenvalue weighted by Crippen LogP contribution is 2.36. The molecular weight excluding hydrogens is 472 g/mol. The summed E-state index contributed by atoms with van der Waals surface area (Å²) in [6.07, 6.45) is 1.35. The number of amides is 1. The number of anilines is 3. The Labute approximate surface area is 216 Å². The van der Waals surface area contributed by atoms with E-state index in [1.807, 2.05) is 31.2 Å². The van der Waals surface area contributed by atoms with Gasteiger partial charge in [0.2, 0.25) is 0 Å². The van der Waals surface area contributed by atoms with Crippen molar-refractivity contribution in [2.75, 3.05) is 22.5 Å². The van der Waals surface area contributed by atoms with Crippen molar-refractivity contribution in [1.82, 2.24) is 5.32 Å². The van der Waals surface area contributed by atoms with E-state index in [1.54, 1.807) is 13.0 Å². The van der Waals surface area contributed by atoms with Gasteiger partial charge in [-0.3, -0.25) is 10.2 Å². The number of carbonyl (C=O) groups is 1. The molecule has 36 heavy (non-hydrogen) atoms. The fourth-order valence-corrected chi connectivity index (χ4v) is 4.72. The van der Waals surface area contributed by atoms with Crippen LogP contribution in [0.2, 0.25) is 5.02 Å². The van der Waals surface area contributed by atoms with E-state index in [0.29, 0.717) is 22.8 Å². The number of nitrogens with one attached hydrogen (secondary N) is 5. The molecule has 0 spiro atoms. The number of benzene rings is 3. The van der Waals surface area contributed by atoms with Gasteiger partial charge < -0.3 is 21.3 Å². The average Bonchev–Trinajstić information content (AvgIpc) is 3.21. The highest BCUT2D eigenvalue weighted by Gasteiger charge is 2.30. The number of aliphatic imine (C=N–C) groups is 1. The molecule has 0 bridgehead atoms. The molecule has 186 valence electrons. The van der Waals surface area contributed by atoms with Gasteiger partial charge in [-0.1, -0.05) is 41.9 Å². The van der Waals surface area contributed by atoms with E-state index < -0.39 is 0 Å². The van der Waals surface area contributed by atoms with Crippen LogP contribution in [0.4, 0.5) is 17.1 Å². The van der Waals surface area contributed by atoms with Crippen molar-refractivity contribution < 1.29 is 4.79 Å². The molecule has 1 heterocycles. The quantitative estimate of drug-likeness (QED) is 0.199. The zero-order chi connectivity index (χ0) is 25.8. The first kappa shape index (κ1) is 25.3. The molecule has 5 N–H and O–H groups in total. The third-order valence-electron chi connectivity index (χ3n) is 6.37. The third-order valence-corrected chi connectivity index (χ3v) is 6.67. The van der Waals surface area contributed by atoms with Gasteiger partial charge >= 0.3 is 0 Å². The Kier molecular flexibility index (Phi) is 7.60. The molecule has 3 aromatic rings. The van der Waals surface area contributed by atoms with Crippen molar-refractivity contribution in [3.63, 3.8) is 0 Å². The molecule has 1 amide bonds. The zero-order valence-electron chi connectivity index (χ0n) is 20.9. The fourth-order valence-electron chi connectivity index (χ4n) is 4.37. The van der Waals surface area contributed by atoms with E-state index in [-0.39, 0.29) is 23.8 Å². The van der Waals surface area contributed by atoms with Gasteiger partial charge in [0.05, 0.1) is 28.3 Å². The number of nitrogens with zero attached hydrogens (tertiary/aromatic N) is 1. The normalized spacial score (nSPS) is 13.6. The van der Waals surface area contributed by atoms with Crippen molar-refractivity contribution >= 4 is 46.7 Å². The Morgan fingerprint density at radius 2 is 1.69 bits per heavy atom. The number of carbonyl (C=O) groups excluding carboxylic acids is 1. The highest BCUT2D eigenvalue weighted by atomic mass is 35.5. The van der Waals surface area contributed by atoms with Crippen LogP contribution < -0.4 is 21.3 Å². The van der Waals surface area contributed by atoms with Gasteiger partial charge in [-0.25, -0.2) is 4.99 Å². The van der Waals surface area contributed by atoms with Crippen LogP contribution in [-0.4, -0.2) is 30.8 Å². The minimum absolute atomic E-state index is 0.0243. The number of hydrogen-bond acceptors (Lipinski definition) is 4. The first-order chi connectivity index (χ1) is 17.2. The summed E-state index contributed by atoms with van der Waals surface area (Å²) in [7, 11) is 0. The molecule has 0 aliphatic carbocycles. The molecule has 0 aromatic heterocycles. The van der Waals surface area contributed by atoms with Crippen LogP contribution in [0, 0.1) is 26.2 Å². The summed E-state index contributed by atoms with van der Waals surface area (Å²) < 4.78 is 0. The molecule has 1 aliphatic heterocycles. The summed E-state index contributed by atoms with van der Waals surface area (Å²) in [5, 5.41) is 21.0. The number of halogens is 1. The Bertz CT molecular complexity index is 1270. The lowest BCUT2D eigenvalue weighted by molar-refractivity contribution is 0.0950. The number of amidine groups is 1. The Balaban J connectivity index is 1.51. The maximum absolute atomic E-state index is 13.2. The summed E-state index contributed by atoms with van der Waals surface area (Å²) >= 11 is 6.51. The predicted octanol–water partition coefficient (Wildman–Crippen LogP) is 6.08. The van der Waals surface area contributed by atoms with Gasteiger partial charge in [-0.05, 0) is 74.2 Å². The summed E-state index contributed by atoms with van der Waals surface area (Å²) in [5.74, 6) is -0.0613. The highest BCUT2D eigenvalue weighted by molar-refractivity contribution is 6.34. The molecule has 1 unspecified atom stereocenters. The van der Waals surface area contributed by atoms with Gasteiger partial charge in [0, 0.05) is 18.2 Å². The lowest BCUT2D eigenvalue weighted by Gasteiger charge is -2.26. The van der Waals surface area contributed by atoms with E-state index in [1.165, 1.54) is 17.5 Å². The minimum atomic E-state index is -0.226. The van der Waals surface area contributed by atoms with Gasteiger partial charge in [0.1, 0.15) is 12.0 Å². The van der Waals surface area contributed by atoms with E-state index in [9.17, 15) is 4.79 Å². The van der Waals surface area contributed by atoms with Crippen LogP contribution in [0.15, 0.2) is 59.6 Å². The van der Waals surface area contributed by atoms with Crippen LogP contribution >= 0.6 is 11.6 Å². The lowest BCUT2D eigenvalue weighted by atomic mass is 9.95. The van der Waals surface area contributed by atoms with E-state index in [0.717, 1.165) is 22.5 Å². The van der Waals surface area contributed by atoms with E-state index in [2.05, 4.69) is 64.4 Å². The predicted molar refractivity (Wildman–Crippen MR) is 150 cm³/mol. The molecular formula is C28H31ClN6O. The molecule has 7 nitrogen and oxygen atoms in total. The van der Waals surface area contributed by atoms with E-state index in [4.69, 9.17) is 17.0 Å². The van der Waals surface area contributed by atoms with Gasteiger partial charge in [0.25, 0.3) is 5.91 Å². The first-order valence-electron chi connectivity index (χ1n) is 11.8. The van der Waals surface area contributed by atoms with E-state index >= 15 is 0 Å². The van der Waals surface area contributed by atoms with Crippen LogP contribution in [0.1, 0.15) is 45.5 Å². The lowest BCUT2D eigenvalue weighted by Crippen LogP contribution is -2.39. The third kappa shape index (κ3) is 5.69. The van der Waals surface area contributed by atoms with Crippen molar-refractivity contribution in [2.24, 2.45) is 4.99 Å². The fraction of sp³-hybridized carbons (Fsp3) is 0.250. The maximum Gasteiger partial charge on any atom is 0.253 e. The van der Waals surface area contributed by atoms with Crippen LogP contribution in [0.5, 0.6) is 0 Å². The largest absolute Gasteiger partial charge is 0.363 e. The smallest absolute Gasteiger partial charge is 0.253 e. The number of aryl methyl sites for hydroxylation is 3. The summed E-state index contributed by atoms with van der Waals surface area (Å²) in [6, 6.07) is 18.0. The number of fused-ring (bicyclic) bond motifs is 1. The van der Waals surface area contributed by atoms with Crippen LogP contribution in [-0.2, 0) is 0 Å². The maximum atomic E-state index is 13.2. The summed E-state index contributed by atoms with van der Waals surface area (Å²) in [4.78, 5) is 17.1. The standard InChI is InChI=1S/C28H31ClN6O/c1-16-11-24-25(12-17(16)2)35-27(34-24)22(20-8-6-5-7-9-20)14-31-28(36)26-18(3)10-21(13-23(26)29)33-15-32-19(4)30/h5-13,15,22,27,34-35H,14H2,1-4H3,(H,31,36)(H2,30,32,33). The monoisotopic (exact) mass is 502 g/mol. The van der Waals surface area contributed by atoms with Gasteiger partial charge in [-0.2, -0.15) is 0 Å².